The van der Waals surface area contributed by atoms with Crippen LogP contribution in [0.5, 0.6) is 0 Å². The van der Waals surface area contributed by atoms with E-state index in [4.69, 9.17) is 10.2 Å². The first-order chi connectivity index (χ1) is 8.54. The van der Waals surface area contributed by atoms with Gasteiger partial charge < -0.3 is 20.8 Å². The largest absolute Gasteiger partial charge is 0.479 e. The number of anilines is 1. The summed E-state index contributed by atoms with van der Waals surface area (Å²) in [5.41, 5.74) is 0.632. The predicted octanol–water partition coefficient (Wildman–Crippen LogP) is 0.975. The van der Waals surface area contributed by atoms with Crippen LogP contribution in [-0.2, 0) is 4.79 Å². The summed E-state index contributed by atoms with van der Waals surface area (Å²) in [6.07, 6.45) is 0.276. The van der Waals surface area contributed by atoms with Gasteiger partial charge in [-0.15, -0.1) is 11.8 Å². The topological polar surface area (TPSA) is 98.7 Å². The summed E-state index contributed by atoms with van der Waals surface area (Å²) >= 11 is 1.48. The number of carbonyl (C=O) groups excluding carboxylic acids is 1. The second kappa shape index (κ2) is 6.87. The number of carboxylic acids is 1. The SMILES string of the molecule is CSc1ccccc1NC(=O)NC[C@H](O)C(=O)O. The molecule has 1 atom stereocenters. The summed E-state index contributed by atoms with van der Waals surface area (Å²) in [5.74, 6) is -1.38. The maximum absolute atomic E-state index is 11.5. The normalized spacial score (nSPS) is 11.7. The van der Waals surface area contributed by atoms with Crippen LogP contribution in [0.2, 0.25) is 0 Å². The van der Waals surface area contributed by atoms with Gasteiger partial charge in [0.25, 0.3) is 0 Å². The maximum atomic E-state index is 11.5. The number of aliphatic hydroxyl groups excluding tert-OH is 1. The fraction of sp³-hybridized carbons (Fsp3) is 0.273. The Balaban J connectivity index is 2.52. The van der Waals surface area contributed by atoms with Crippen LogP contribution in [0.25, 0.3) is 0 Å². The Morgan fingerprint density at radius 3 is 2.67 bits per heavy atom. The van der Waals surface area contributed by atoms with Gasteiger partial charge in [0, 0.05) is 4.90 Å². The zero-order valence-electron chi connectivity index (χ0n) is 9.71. The zero-order valence-corrected chi connectivity index (χ0v) is 10.5. The molecule has 0 spiro atoms. The van der Waals surface area contributed by atoms with Crippen LogP contribution in [0.4, 0.5) is 10.5 Å². The van der Waals surface area contributed by atoms with Gasteiger partial charge in [-0.05, 0) is 18.4 Å². The highest BCUT2D eigenvalue weighted by atomic mass is 32.2. The van der Waals surface area contributed by atoms with E-state index in [1.165, 1.54) is 11.8 Å². The van der Waals surface area contributed by atoms with Crippen LogP contribution in [0.15, 0.2) is 29.2 Å². The molecular formula is C11H14N2O4S. The van der Waals surface area contributed by atoms with Gasteiger partial charge in [-0.3, -0.25) is 0 Å². The number of thioether (sulfide) groups is 1. The smallest absolute Gasteiger partial charge is 0.334 e. The van der Waals surface area contributed by atoms with Gasteiger partial charge in [0.2, 0.25) is 0 Å². The molecule has 0 aromatic heterocycles. The van der Waals surface area contributed by atoms with E-state index in [1.54, 1.807) is 12.1 Å². The van der Waals surface area contributed by atoms with Gasteiger partial charge in [0.05, 0.1) is 12.2 Å². The van der Waals surface area contributed by atoms with Gasteiger partial charge in [-0.25, -0.2) is 9.59 Å². The number of hydrogen-bond acceptors (Lipinski definition) is 4. The number of para-hydroxylation sites is 1. The molecule has 1 aromatic carbocycles. The molecule has 4 N–H and O–H groups in total. The van der Waals surface area contributed by atoms with Crippen LogP contribution in [-0.4, -0.2) is 41.1 Å². The molecule has 0 fully saturated rings. The van der Waals surface area contributed by atoms with Crippen molar-refractivity contribution in [2.75, 3.05) is 18.1 Å². The van der Waals surface area contributed by atoms with Crippen LogP contribution in [0, 0.1) is 0 Å². The summed E-state index contributed by atoms with van der Waals surface area (Å²) in [6.45, 7) is -0.345. The van der Waals surface area contributed by atoms with Crippen LogP contribution in [0.1, 0.15) is 0 Å². The van der Waals surface area contributed by atoms with Gasteiger partial charge in [0.1, 0.15) is 0 Å². The number of aliphatic hydroxyl groups is 1. The molecule has 0 aliphatic heterocycles. The van der Waals surface area contributed by atoms with Crippen LogP contribution < -0.4 is 10.6 Å². The highest BCUT2D eigenvalue weighted by Crippen LogP contribution is 2.24. The number of urea groups is 1. The zero-order chi connectivity index (χ0) is 13.5. The standard InChI is InChI=1S/C11H14N2O4S/c1-18-9-5-3-2-4-7(9)13-11(17)12-6-8(14)10(15)16/h2-5,8,14H,6H2,1H3,(H,15,16)(H2,12,13,17)/t8-/m0/s1. The monoisotopic (exact) mass is 270 g/mol. The molecule has 0 saturated carbocycles. The molecule has 0 heterocycles. The maximum Gasteiger partial charge on any atom is 0.334 e. The quantitative estimate of drug-likeness (QED) is 0.598. The average Bonchev–Trinajstić information content (AvgIpc) is 2.36. The van der Waals surface area contributed by atoms with Crippen molar-refractivity contribution in [2.24, 2.45) is 0 Å². The number of aliphatic carboxylic acids is 1. The Kier molecular flexibility index (Phi) is 5.47. The van der Waals surface area contributed by atoms with E-state index in [-0.39, 0.29) is 6.54 Å². The third-order valence-electron chi connectivity index (χ3n) is 2.10. The minimum atomic E-state index is -1.61. The number of rotatable bonds is 5. The molecule has 0 saturated heterocycles. The van der Waals surface area contributed by atoms with Crippen molar-refractivity contribution in [1.29, 1.82) is 0 Å². The van der Waals surface area contributed by atoms with Gasteiger partial charge in [-0.2, -0.15) is 0 Å². The molecule has 1 aromatic rings. The second-order valence-corrected chi connectivity index (χ2v) is 4.24. The van der Waals surface area contributed by atoms with Crippen LogP contribution >= 0.6 is 11.8 Å². The molecule has 1 rings (SSSR count). The summed E-state index contributed by atoms with van der Waals surface area (Å²) in [5, 5.41) is 22.3. The van der Waals surface area contributed by atoms with E-state index in [0.717, 1.165) is 4.90 Å². The molecule has 2 amide bonds. The Hall–Kier alpha value is -1.73. The Labute approximate surface area is 108 Å². The fourth-order valence-electron chi connectivity index (χ4n) is 1.19. The molecule has 0 bridgehead atoms. The molecule has 18 heavy (non-hydrogen) atoms. The lowest BCUT2D eigenvalue weighted by Gasteiger charge is -2.11. The molecule has 0 radical (unpaired) electrons. The number of amides is 2. The second-order valence-electron chi connectivity index (χ2n) is 3.39. The van der Waals surface area contributed by atoms with Crippen molar-refractivity contribution >= 4 is 29.4 Å². The van der Waals surface area contributed by atoms with Crippen molar-refractivity contribution in [3.63, 3.8) is 0 Å². The molecule has 0 aliphatic carbocycles. The van der Waals surface area contributed by atoms with Crippen molar-refractivity contribution in [3.8, 4) is 0 Å². The van der Waals surface area contributed by atoms with E-state index in [2.05, 4.69) is 10.6 Å². The summed E-state index contributed by atoms with van der Waals surface area (Å²) in [6, 6.07) is 6.66. The number of benzene rings is 1. The average molecular weight is 270 g/mol. The lowest BCUT2D eigenvalue weighted by atomic mass is 10.3. The van der Waals surface area contributed by atoms with E-state index in [0.29, 0.717) is 5.69 Å². The first-order valence-electron chi connectivity index (χ1n) is 5.13. The van der Waals surface area contributed by atoms with E-state index < -0.39 is 18.1 Å². The Morgan fingerprint density at radius 2 is 2.06 bits per heavy atom. The van der Waals surface area contributed by atoms with E-state index >= 15 is 0 Å². The highest BCUT2D eigenvalue weighted by molar-refractivity contribution is 7.98. The summed E-state index contributed by atoms with van der Waals surface area (Å²) in [7, 11) is 0. The number of carbonyl (C=O) groups is 2. The van der Waals surface area contributed by atoms with E-state index in [1.807, 2.05) is 18.4 Å². The molecule has 7 heteroatoms. The van der Waals surface area contributed by atoms with Crippen molar-refractivity contribution < 1.29 is 19.8 Å². The summed E-state index contributed by atoms with van der Waals surface area (Å²) in [4.78, 5) is 22.7. The molecule has 6 nitrogen and oxygen atoms in total. The van der Waals surface area contributed by atoms with Gasteiger partial charge in [-0.1, -0.05) is 12.1 Å². The minimum absolute atomic E-state index is 0.345. The summed E-state index contributed by atoms with van der Waals surface area (Å²) < 4.78 is 0. The van der Waals surface area contributed by atoms with E-state index in [9.17, 15) is 9.59 Å². The van der Waals surface area contributed by atoms with Gasteiger partial charge >= 0.3 is 12.0 Å². The number of hydrogen-bond donors (Lipinski definition) is 4. The first kappa shape index (κ1) is 14.3. The lowest BCUT2D eigenvalue weighted by molar-refractivity contribution is -0.146. The Bertz CT molecular complexity index is 439. The number of nitrogens with one attached hydrogen (secondary N) is 2. The highest BCUT2D eigenvalue weighted by Gasteiger charge is 2.14. The predicted molar refractivity (Wildman–Crippen MR) is 68.9 cm³/mol. The Morgan fingerprint density at radius 1 is 1.39 bits per heavy atom. The third-order valence-corrected chi connectivity index (χ3v) is 2.89. The minimum Gasteiger partial charge on any atom is -0.479 e. The van der Waals surface area contributed by atoms with Crippen molar-refractivity contribution in [3.05, 3.63) is 24.3 Å². The van der Waals surface area contributed by atoms with Crippen molar-refractivity contribution in [1.82, 2.24) is 5.32 Å². The van der Waals surface area contributed by atoms with Crippen molar-refractivity contribution in [2.45, 2.75) is 11.0 Å². The molecule has 98 valence electrons. The molecular weight excluding hydrogens is 256 g/mol. The number of carboxylic acid groups (broad SMARTS) is 1. The fourth-order valence-corrected chi connectivity index (χ4v) is 1.74. The third kappa shape index (κ3) is 4.27. The molecule has 0 unspecified atom stereocenters. The molecule has 0 aliphatic rings. The van der Waals surface area contributed by atoms with Gasteiger partial charge in [0.15, 0.2) is 6.10 Å². The van der Waals surface area contributed by atoms with Crippen LogP contribution in [0.3, 0.4) is 0 Å². The first-order valence-corrected chi connectivity index (χ1v) is 6.35. The lowest BCUT2D eigenvalue weighted by Crippen LogP contribution is -2.38.